The molecule has 1 atom stereocenters. The molecule has 0 radical (unpaired) electrons. The van der Waals surface area contributed by atoms with Crippen molar-refractivity contribution in [3.8, 4) is 22.9 Å². The lowest BCUT2D eigenvalue weighted by Gasteiger charge is -2.16. The predicted octanol–water partition coefficient (Wildman–Crippen LogP) is 5.71. The molecule has 0 aliphatic heterocycles. The van der Waals surface area contributed by atoms with Crippen molar-refractivity contribution in [2.45, 2.75) is 39.4 Å². The molecule has 0 saturated heterocycles. The van der Waals surface area contributed by atoms with Crippen LogP contribution in [0.3, 0.4) is 0 Å². The molecule has 7 heteroatoms. The number of nitrogens with one attached hydrogen (secondary N) is 1. The lowest BCUT2D eigenvalue weighted by atomic mass is 10.1. The van der Waals surface area contributed by atoms with Gasteiger partial charge in [0.15, 0.2) is 5.65 Å². The van der Waals surface area contributed by atoms with Crippen LogP contribution in [-0.4, -0.2) is 34.8 Å². The Kier molecular flexibility index (Phi) is 7.19. The molecule has 2 aromatic heterocycles. The minimum Gasteiger partial charge on any atom is -0.489 e. The zero-order valence-electron chi connectivity index (χ0n) is 19.1. The Hall–Kier alpha value is -3.45. The number of aromatic nitrogens is 3. The Labute approximate surface area is 192 Å². The molecule has 4 rings (SSSR count). The molecule has 1 N–H and O–H groups in total. The number of methoxy groups -OCH3 is 1. The van der Waals surface area contributed by atoms with Gasteiger partial charge in [0.2, 0.25) is 0 Å². The summed E-state index contributed by atoms with van der Waals surface area (Å²) in [5.74, 6) is 1.52. The summed E-state index contributed by atoms with van der Waals surface area (Å²) in [4.78, 5) is 12.5. The van der Waals surface area contributed by atoms with Crippen molar-refractivity contribution in [2.24, 2.45) is 0 Å². The first-order chi connectivity index (χ1) is 16.1. The Balaban J connectivity index is 1.66. The molecule has 33 heavy (non-hydrogen) atoms. The SMILES string of the molecule is CCCc1cnc2nc(-c3cc(OCc4ccccc4F)cc(OC(C)COC)c3)[nH]c2c1. The summed E-state index contributed by atoms with van der Waals surface area (Å²) in [6.45, 7) is 4.62. The standard InChI is InChI=1S/C26H28FN3O3/c1-4-7-18-10-24-26(28-14-18)30-25(29-24)20-11-21(13-22(12-20)33-17(2)15-31-3)32-16-19-8-5-6-9-23(19)27/h5-6,8-14,17H,4,7,15-16H2,1-3H3,(H,28,29,30). The van der Waals surface area contributed by atoms with Gasteiger partial charge in [0.1, 0.15) is 35.9 Å². The van der Waals surface area contributed by atoms with E-state index in [9.17, 15) is 4.39 Å². The van der Waals surface area contributed by atoms with E-state index in [4.69, 9.17) is 14.2 Å². The maximum Gasteiger partial charge on any atom is 0.178 e. The van der Waals surface area contributed by atoms with Gasteiger partial charge in [0, 0.05) is 30.5 Å². The zero-order valence-corrected chi connectivity index (χ0v) is 19.1. The molecular weight excluding hydrogens is 421 g/mol. The third-order valence-electron chi connectivity index (χ3n) is 5.18. The lowest BCUT2D eigenvalue weighted by Crippen LogP contribution is -2.18. The van der Waals surface area contributed by atoms with Crippen LogP contribution in [0, 0.1) is 5.82 Å². The minimum atomic E-state index is -0.301. The summed E-state index contributed by atoms with van der Waals surface area (Å²) >= 11 is 0. The highest BCUT2D eigenvalue weighted by Crippen LogP contribution is 2.31. The average Bonchev–Trinajstić information content (AvgIpc) is 3.22. The molecular formula is C26H28FN3O3. The maximum absolute atomic E-state index is 14.0. The van der Waals surface area contributed by atoms with E-state index >= 15 is 0 Å². The third kappa shape index (κ3) is 5.68. The van der Waals surface area contributed by atoms with Crippen LogP contribution in [0.2, 0.25) is 0 Å². The van der Waals surface area contributed by atoms with Crippen molar-refractivity contribution < 1.29 is 18.6 Å². The molecule has 2 aromatic carbocycles. The molecule has 0 spiro atoms. The molecule has 0 saturated carbocycles. The molecule has 1 unspecified atom stereocenters. The van der Waals surface area contributed by atoms with E-state index in [1.165, 1.54) is 11.6 Å². The van der Waals surface area contributed by atoms with Crippen LogP contribution in [0.4, 0.5) is 4.39 Å². The average molecular weight is 450 g/mol. The van der Waals surface area contributed by atoms with E-state index in [1.807, 2.05) is 25.3 Å². The second kappa shape index (κ2) is 10.4. The molecule has 6 nitrogen and oxygen atoms in total. The Morgan fingerprint density at radius 3 is 2.70 bits per heavy atom. The summed E-state index contributed by atoms with van der Waals surface area (Å²) in [5, 5.41) is 0. The number of nitrogens with zero attached hydrogens (tertiary/aromatic N) is 2. The molecule has 172 valence electrons. The number of hydrogen-bond acceptors (Lipinski definition) is 5. The van der Waals surface area contributed by atoms with E-state index in [1.54, 1.807) is 31.4 Å². The smallest absolute Gasteiger partial charge is 0.178 e. The summed E-state index contributed by atoms with van der Waals surface area (Å²) in [7, 11) is 1.63. The number of fused-ring (bicyclic) bond motifs is 1. The quantitative estimate of drug-likeness (QED) is 0.336. The third-order valence-corrected chi connectivity index (χ3v) is 5.18. The number of rotatable bonds is 10. The highest BCUT2D eigenvalue weighted by atomic mass is 19.1. The van der Waals surface area contributed by atoms with Crippen molar-refractivity contribution in [3.63, 3.8) is 0 Å². The monoisotopic (exact) mass is 449 g/mol. The molecule has 4 aromatic rings. The molecule has 0 aliphatic rings. The highest BCUT2D eigenvalue weighted by Gasteiger charge is 2.13. The second-order valence-electron chi connectivity index (χ2n) is 8.01. The first-order valence-electron chi connectivity index (χ1n) is 11.1. The van der Waals surface area contributed by atoms with Crippen LogP contribution in [0.5, 0.6) is 11.5 Å². The Bertz CT molecular complexity index is 1220. The largest absolute Gasteiger partial charge is 0.489 e. The number of pyridine rings is 1. The van der Waals surface area contributed by atoms with E-state index in [-0.39, 0.29) is 18.5 Å². The summed E-state index contributed by atoms with van der Waals surface area (Å²) in [5.41, 5.74) is 3.96. The summed E-state index contributed by atoms with van der Waals surface area (Å²) in [6, 6.07) is 14.2. The molecule has 0 bridgehead atoms. The number of hydrogen-bond donors (Lipinski definition) is 1. The van der Waals surface area contributed by atoms with Crippen molar-refractivity contribution >= 4 is 11.2 Å². The van der Waals surface area contributed by atoms with Gasteiger partial charge in [0.05, 0.1) is 12.1 Å². The van der Waals surface area contributed by atoms with Gasteiger partial charge in [-0.3, -0.25) is 0 Å². The number of aryl methyl sites for hydroxylation is 1. The number of aromatic amines is 1. The van der Waals surface area contributed by atoms with Crippen molar-refractivity contribution in [3.05, 3.63) is 71.7 Å². The number of halogens is 1. The molecule has 0 aliphatic carbocycles. The number of H-pyrrole nitrogens is 1. The van der Waals surface area contributed by atoms with E-state index in [0.717, 1.165) is 23.9 Å². The predicted molar refractivity (Wildman–Crippen MR) is 126 cm³/mol. The minimum absolute atomic E-state index is 0.102. The van der Waals surface area contributed by atoms with Gasteiger partial charge >= 0.3 is 0 Å². The topological polar surface area (TPSA) is 69.3 Å². The first kappa shape index (κ1) is 22.7. The lowest BCUT2D eigenvalue weighted by molar-refractivity contribution is 0.0919. The van der Waals surface area contributed by atoms with E-state index in [0.29, 0.717) is 35.1 Å². The van der Waals surface area contributed by atoms with Gasteiger partial charge in [-0.2, -0.15) is 0 Å². The van der Waals surface area contributed by atoms with Crippen LogP contribution < -0.4 is 9.47 Å². The number of imidazole rings is 1. The van der Waals surface area contributed by atoms with Crippen LogP contribution in [0.1, 0.15) is 31.4 Å². The van der Waals surface area contributed by atoms with E-state index < -0.39 is 0 Å². The summed E-state index contributed by atoms with van der Waals surface area (Å²) < 4.78 is 31.2. The fourth-order valence-electron chi connectivity index (χ4n) is 3.64. The van der Waals surface area contributed by atoms with Crippen molar-refractivity contribution in [2.75, 3.05) is 13.7 Å². The number of benzene rings is 2. The van der Waals surface area contributed by atoms with Gasteiger partial charge in [-0.05, 0) is 43.2 Å². The van der Waals surface area contributed by atoms with Crippen molar-refractivity contribution in [1.29, 1.82) is 0 Å². The highest BCUT2D eigenvalue weighted by molar-refractivity contribution is 5.77. The van der Waals surface area contributed by atoms with Gasteiger partial charge in [0.25, 0.3) is 0 Å². The Morgan fingerprint density at radius 1 is 1.09 bits per heavy atom. The van der Waals surface area contributed by atoms with Gasteiger partial charge in [-0.15, -0.1) is 0 Å². The van der Waals surface area contributed by atoms with Crippen LogP contribution in [0.15, 0.2) is 54.7 Å². The van der Waals surface area contributed by atoms with Gasteiger partial charge < -0.3 is 19.2 Å². The van der Waals surface area contributed by atoms with Crippen LogP contribution >= 0.6 is 0 Å². The maximum atomic E-state index is 14.0. The normalized spacial score (nSPS) is 12.1. The fourth-order valence-corrected chi connectivity index (χ4v) is 3.64. The molecule has 0 fully saturated rings. The van der Waals surface area contributed by atoms with Gasteiger partial charge in [-0.25, -0.2) is 14.4 Å². The van der Waals surface area contributed by atoms with Crippen LogP contribution in [0.25, 0.3) is 22.6 Å². The van der Waals surface area contributed by atoms with Crippen LogP contribution in [-0.2, 0) is 17.8 Å². The second-order valence-corrected chi connectivity index (χ2v) is 8.01. The first-order valence-corrected chi connectivity index (χ1v) is 11.1. The Morgan fingerprint density at radius 2 is 1.91 bits per heavy atom. The van der Waals surface area contributed by atoms with Gasteiger partial charge in [-0.1, -0.05) is 31.5 Å². The zero-order chi connectivity index (χ0) is 23.2. The summed E-state index contributed by atoms with van der Waals surface area (Å²) in [6.07, 6.45) is 3.73. The number of ether oxygens (including phenoxy) is 3. The van der Waals surface area contributed by atoms with Crippen molar-refractivity contribution in [1.82, 2.24) is 15.0 Å². The van der Waals surface area contributed by atoms with E-state index in [2.05, 4.69) is 27.9 Å². The fraction of sp³-hybridized carbons (Fsp3) is 0.308. The molecule has 0 amide bonds. The molecule has 2 heterocycles.